The van der Waals surface area contributed by atoms with Crippen molar-refractivity contribution in [3.63, 3.8) is 0 Å². The molecule has 0 spiro atoms. The summed E-state index contributed by atoms with van der Waals surface area (Å²) in [5.41, 5.74) is 1.01. The van der Waals surface area contributed by atoms with Crippen LogP contribution < -0.4 is 10.1 Å². The van der Waals surface area contributed by atoms with Crippen molar-refractivity contribution in [2.45, 2.75) is 37.9 Å². The Morgan fingerprint density at radius 3 is 2.75 bits per heavy atom. The summed E-state index contributed by atoms with van der Waals surface area (Å²) in [6.45, 7) is 6.19. The first-order valence-electron chi connectivity index (χ1n) is 6.55. The SMILES string of the molecule is CCCCOc1ccc(NC(=O)C(C)(C)Br)cc1C#N. The summed E-state index contributed by atoms with van der Waals surface area (Å²) in [5, 5.41) is 11.9. The highest BCUT2D eigenvalue weighted by Gasteiger charge is 2.23. The van der Waals surface area contributed by atoms with E-state index in [1.807, 2.05) is 0 Å². The Bertz CT molecular complexity index is 516. The van der Waals surface area contributed by atoms with Crippen molar-refractivity contribution in [1.29, 1.82) is 5.26 Å². The molecule has 0 aliphatic heterocycles. The van der Waals surface area contributed by atoms with Gasteiger partial charge in [-0.2, -0.15) is 5.26 Å². The van der Waals surface area contributed by atoms with Gasteiger partial charge in [-0.1, -0.05) is 29.3 Å². The Morgan fingerprint density at radius 2 is 2.20 bits per heavy atom. The Labute approximate surface area is 128 Å². The number of nitrogens with one attached hydrogen (secondary N) is 1. The predicted octanol–water partition coefficient (Wildman–Crippen LogP) is 3.85. The maximum Gasteiger partial charge on any atom is 0.240 e. The van der Waals surface area contributed by atoms with E-state index < -0.39 is 4.32 Å². The first kappa shape index (κ1) is 16.5. The molecule has 0 fully saturated rings. The molecule has 0 saturated heterocycles. The average Bonchev–Trinajstić information content (AvgIpc) is 2.39. The van der Waals surface area contributed by atoms with Crippen LogP contribution in [-0.4, -0.2) is 16.8 Å². The number of unbranched alkanes of at least 4 members (excludes halogenated alkanes) is 1. The monoisotopic (exact) mass is 338 g/mol. The van der Waals surface area contributed by atoms with E-state index in [9.17, 15) is 4.79 Å². The molecule has 4 nitrogen and oxygen atoms in total. The highest BCUT2D eigenvalue weighted by Crippen LogP contribution is 2.24. The molecule has 0 radical (unpaired) electrons. The van der Waals surface area contributed by atoms with Crippen molar-refractivity contribution < 1.29 is 9.53 Å². The number of nitriles is 1. The van der Waals surface area contributed by atoms with E-state index in [2.05, 4.69) is 34.2 Å². The lowest BCUT2D eigenvalue weighted by Gasteiger charge is -2.16. The summed E-state index contributed by atoms with van der Waals surface area (Å²) in [6.07, 6.45) is 1.98. The lowest BCUT2D eigenvalue weighted by Crippen LogP contribution is -2.30. The minimum absolute atomic E-state index is 0.166. The van der Waals surface area contributed by atoms with E-state index in [1.165, 1.54) is 0 Å². The third kappa shape index (κ3) is 4.86. The molecule has 1 aromatic rings. The van der Waals surface area contributed by atoms with Gasteiger partial charge < -0.3 is 10.1 Å². The lowest BCUT2D eigenvalue weighted by atomic mass is 10.1. The molecule has 0 heterocycles. The zero-order chi connectivity index (χ0) is 15.2. The zero-order valence-corrected chi connectivity index (χ0v) is 13.6. The van der Waals surface area contributed by atoms with Crippen molar-refractivity contribution in [2.24, 2.45) is 0 Å². The number of ether oxygens (including phenoxy) is 1. The summed E-state index contributed by atoms with van der Waals surface area (Å²) in [5.74, 6) is 0.387. The van der Waals surface area contributed by atoms with Crippen molar-refractivity contribution in [3.8, 4) is 11.8 Å². The minimum Gasteiger partial charge on any atom is -0.492 e. The molecule has 1 rings (SSSR count). The molecule has 0 atom stereocenters. The smallest absolute Gasteiger partial charge is 0.240 e. The van der Waals surface area contributed by atoms with E-state index >= 15 is 0 Å². The second-order valence-electron chi connectivity index (χ2n) is 4.95. The highest BCUT2D eigenvalue weighted by atomic mass is 79.9. The van der Waals surface area contributed by atoms with Gasteiger partial charge in [0.1, 0.15) is 11.8 Å². The fourth-order valence-corrected chi connectivity index (χ4v) is 1.53. The van der Waals surface area contributed by atoms with E-state index in [1.54, 1.807) is 32.0 Å². The van der Waals surface area contributed by atoms with Crippen LogP contribution in [0.1, 0.15) is 39.2 Å². The maximum atomic E-state index is 11.9. The quantitative estimate of drug-likeness (QED) is 0.632. The number of hydrogen-bond acceptors (Lipinski definition) is 3. The van der Waals surface area contributed by atoms with Crippen molar-refractivity contribution in [2.75, 3.05) is 11.9 Å². The van der Waals surface area contributed by atoms with Gasteiger partial charge in [0.15, 0.2) is 0 Å². The van der Waals surface area contributed by atoms with Gasteiger partial charge >= 0.3 is 0 Å². The molecule has 20 heavy (non-hydrogen) atoms. The first-order valence-corrected chi connectivity index (χ1v) is 7.35. The number of rotatable bonds is 6. The van der Waals surface area contributed by atoms with Crippen molar-refractivity contribution in [1.82, 2.24) is 0 Å². The fourth-order valence-electron chi connectivity index (χ4n) is 1.43. The average molecular weight is 339 g/mol. The molecule has 0 unspecified atom stereocenters. The van der Waals surface area contributed by atoms with Crippen LogP contribution in [0, 0.1) is 11.3 Å². The van der Waals surface area contributed by atoms with E-state index in [0.717, 1.165) is 12.8 Å². The first-order chi connectivity index (χ1) is 9.38. The molecule has 1 amide bonds. The van der Waals surface area contributed by atoms with E-state index in [0.29, 0.717) is 23.6 Å². The number of benzene rings is 1. The van der Waals surface area contributed by atoms with Gasteiger partial charge in [0.05, 0.1) is 16.5 Å². The molecule has 0 aliphatic carbocycles. The van der Waals surface area contributed by atoms with E-state index in [-0.39, 0.29) is 5.91 Å². The van der Waals surface area contributed by atoms with Gasteiger partial charge in [-0.25, -0.2) is 0 Å². The van der Waals surface area contributed by atoms with Gasteiger partial charge in [-0.3, -0.25) is 4.79 Å². The second kappa shape index (κ2) is 7.30. The summed E-state index contributed by atoms with van der Waals surface area (Å²) in [7, 11) is 0. The van der Waals surface area contributed by atoms with Crippen LogP contribution in [0.15, 0.2) is 18.2 Å². The van der Waals surface area contributed by atoms with Crippen LogP contribution in [-0.2, 0) is 4.79 Å². The number of alkyl halides is 1. The number of carbonyl (C=O) groups excluding carboxylic acids is 1. The normalized spacial score (nSPS) is 10.8. The van der Waals surface area contributed by atoms with Gasteiger partial charge in [-0.15, -0.1) is 0 Å². The van der Waals surface area contributed by atoms with Crippen LogP contribution in [0.25, 0.3) is 0 Å². The number of halogens is 1. The molecule has 5 heteroatoms. The molecular formula is C15H19BrN2O2. The molecule has 1 aromatic carbocycles. The van der Waals surface area contributed by atoms with Gasteiger partial charge in [0.25, 0.3) is 0 Å². The predicted molar refractivity (Wildman–Crippen MR) is 83.2 cm³/mol. The topological polar surface area (TPSA) is 62.1 Å². The zero-order valence-electron chi connectivity index (χ0n) is 12.0. The van der Waals surface area contributed by atoms with Gasteiger partial charge in [-0.05, 0) is 38.5 Å². The lowest BCUT2D eigenvalue weighted by molar-refractivity contribution is -0.117. The van der Waals surface area contributed by atoms with Crippen LogP contribution >= 0.6 is 15.9 Å². The van der Waals surface area contributed by atoms with Gasteiger partial charge in [0, 0.05) is 5.69 Å². The summed E-state index contributed by atoms with van der Waals surface area (Å²) in [6, 6.07) is 7.16. The van der Waals surface area contributed by atoms with E-state index in [4.69, 9.17) is 10.00 Å². The number of carbonyl (C=O) groups is 1. The van der Waals surface area contributed by atoms with Crippen LogP contribution in [0.4, 0.5) is 5.69 Å². The summed E-state index contributed by atoms with van der Waals surface area (Å²) >= 11 is 3.29. The third-order valence-electron chi connectivity index (χ3n) is 2.65. The highest BCUT2D eigenvalue weighted by molar-refractivity contribution is 9.10. The minimum atomic E-state index is -0.657. The molecule has 0 aromatic heterocycles. The number of amides is 1. The molecule has 1 N–H and O–H groups in total. The standard InChI is InChI=1S/C15H19BrN2O2/c1-4-5-8-20-13-7-6-12(9-11(13)10-17)18-14(19)15(2,3)16/h6-7,9H,4-5,8H2,1-3H3,(H,18,19). The Kier molecular flexibility index (Phi) is 6.03. The van der Waals surface area contributed by atoms with Crippen LogP contribution in [0.5, 0.6) is 5.75 Å². The summed E-state index contributed by atoms with van der Waals surface area (Å²) < 4.78 is 4.89. The number of hydrogen-bond donors (Lipinski definition) is 1. The van der Waals surface area contributed by atoms with Crippen molar-refractivity contribution in [3.05, 3.63) is 23.8 Å². The Morgan fingerprint density at radius 1 is 1.50 bits per heavy atom. The molecule has 108 valence electrons. The Balaban J connectivity index is 2.82. The molecule has 0 saturated carbocycles. The molecule has 0 bridgehead atoms. The van der Waals surface area contributed by atoms with Crippen LogP contribution in [0.3, 0.4) is 0 Å². The summed E-state index contributed by atoms with van der Waals surface area (Å²) in [4.78, 5) is 11.9. The number of nitrogens with zero attached hydrogens (tertiary/aromatic N) is 1. The molecule has 0 aliphatic rings. The maximum absolute atomic E-state index is 11.9. The van der Waals surface area contributed by atoms with Crippen LogP contribution in [0.2, 0.25) is 0 Å². The number of anilines is 1. The Hall–Kier alpha value is -1.54. The largest absolute Gasteiger partial charge is 0.492 e. The second-order valence-corrected chi connectivity index (χ2v) is 6.93. The third-order valence-corrected chi connectivity index (χ3v) is 3.01. The molecular weight excluding hydrogens is 320 g/mol. The fraction of sp³-hybridized carbons (Fsp3) is 0.467. The van der Waals surface area contributed by atoms with Crippen molar-refractivity contribution >= 4 is 27.5 Å². The van der Waals surface area contributed by atoms with Gasteiger partial charge in [0.2, 0.25) is 5.91 Å².